The van der Waals surface area contributed by atoms with Crippen LogP contribution in [0.15, 0.2) is 152 Å². The summed E-state index contributed by atoms with van der Waals surface area (Å²) >= 11 is -3.24. The fourth-order valence-corrected chi connectivity index (χ4v) is 15.8. The fraction of sp³-hybridized carbons (Fsp3) is 0. The second-order valence-corrected chi connectivity index (χ2v) is 38.2. The summed E-state index contributed by atoms with van der Waals surface area (Å²) in [5.41, 5.74) is 0. The molecule has 0 unspecified atom stereocenters. The first-order valence-electron chi connectivity index (χ1n) is 11.7. The summed E-state index contributed by atoms with van der Waals surface area (Å²) in [4.78, 5) is 0. The zero-order chi connectivity index (χ0) is 26.1. The molecule has 0 saturated heterocycles. The van der Waals surface area contributed by atoms with Crippen molar-refractivity contribution in [1.29, 1.82) is 0 Å². The van der Waals surface area contributed by atoms with E-state index < -0.39 is 24.8 Å². The Morgan fingerprint density at radius 1 is 0.378 bits per heavy atom. The second kappa shape index (κ2) is 13.6. The van der Waals surface area contributed by atoms with E-state index in [0.717, 1.165) is 0 Å². The Kier molecular flexibility index (Phi) is 10.5. The van der Waals surface area contributed by atoms with Crippen LogP contribution in [0, 0.1) is 0 Å². The summed E-state index contributed by atoms with van der Waals surface area (Å²) in [6.45, 7) is -2.04. The summed E-state index contributed by atoms with van der Waals surface area (Å²) in [5.74, 6) is 0. The van der Waals surface area contributed by atoms with Crippen molar-refractivity contribution in [2.45, 2.75) is 0 Å². The smallest absolute Gasteiger partial charge is 0.0622 e. The molecule has 0 nitrogen and oxygen atoms in total. The van der Waals surface area contributed by atoms with Crippen molar-refractivity contribution in [1.82, 2.24) is 0 Å². The largest absolute Gasteiger partial charge is 0.164 e. The van der Waals surface area contributed by atoms with E-state index in [-0.39, 0.29) is 0 Å². The molecule has 0 radical (unpaired) electrons. The van der Waals surface area contributed by atoms with Crippen LogP contribution in [0.5, 0.6) is 0 Å². The van der Waals surface area contributed by atoms with E-state index in [2.05, 4.69) is 152 Å². The second-order valence-electron chi connectivity index (χ2n) is 8.12. The first kappa shape index (κ1) is 28.6. The van der Waals surface area contributed by atoms with Crippen molar-refractivity contribution in [2.75, 3.05) is 0 Å². The minimum absolute atomic E-state index is 0.716. The van der Waals surface area contributed by atoms with E-state index >= 15 is 0 Å². The molecule has 0 amide bonds. The van der Waals surface area contributed by atoms with Crippen LogP contribution in [-0.2, 0) is 0 Å². The fourth-order valence-electron chi connectivity index (χ4n) is 4.36. The Hall–Kier alpha value is -1.37. The molecule has 5 aromatic carbocycles. The molecule has 5 aromatic rings. The van der Waals surface area contributed by atoms with Crippen LogP contribution in [0.25, 0.3) is 0 Å². The zero-order valence-corrected chi connectivity index (χ0v) is 27.2. The average molecular weight is 659 g/mol. The molecule has 0 aliphatic heterocycles. The molecule has 0 aromatic heterocycles. The molecule has 5 rings (SSSR count). The van der Waals surface area contributed by atoms with Crippen molar-refractivity contribution in [2.24, 2.45) is 0 Å². The van der Waals surface area contributed by atoms with Gasteiger partial charge in [0.1, 0.15) is 6.55 Å². The first-order chi connectivity index (χ1) is 17.9. The number of rotatable bonds is 5. The van der Waals surface area contributed by atoms with Crippen molar-refractivity contribution < 1.29 is 0 Å². The standard InChI is InChI=1S/C30H25P2.4ClH.Ga/c1-6-16-26(17-7-1)31(27-18-8-2-9-19-27)32(28-20-10-3-11-21-28,29-22-12-4-13-23-29)30-24-14-5-15-25-30;;;;;/h1-25H;4*1H;/q+1;;;;;+3/p-4. The third-order valence-corrected chi connectivity index (χ3v) is 16.3. The summed E-state index contributed by atoms with van der Waals surface area (Å²) < 4.78 is 0. The van der Waals surface area contributed by atoms with E-state index in [9.17, 15) is 0 Å². The zero-order valence-electron chi connectivity index (χ0n) is 19.9. The third-order valence-electron chi connectivity index (χ3n) is 5.69. The SMILES string of the molecule is [Cl][Ga-]([Cl])([Cl])[Cl].c1ccc([P+](c2ccccc2)=P(c2ccccc2)(c2ccccc2)c2ccccc2)cc1. The molecule has 0 atom stereocenters. The molecule has 0 spiro atoms. The van der Waals surface area contributed by atoms with Crippen LogP contribution >= 0.6 is 52.3 Å². The Balaban J connectivity index is 0.000000586. The Bertz CT molecular complexity index is 1290. The van der Waals surface area contributed by atoms with Crippen molar-refractivity contribution in [3.8, 4) is 0 Å². The molecule has 0 saturated carbocycles. The van der Waals surface area contributed by atoms with Gasteiger partial charge in [0.15, 0.2) is 17.8 Å². The van der Waals surface area contributed by atoms with E-state index in [1.165, 1.54) is 26.5 Å². The molecule has 0 fully saturated rings. The monoisotopic (exact) mass is 656 g/mol. The molecule has 0 aliphatic rings. The van der Waals surface area contributed by atoms with E-state index in [0.29, 0.717) is 0 Å². The summed E-state index contributed by atoms with van der Waals surface area (Å²) in [6.07, 6.45) is 0. The van der Waals surface area contributed by atoms with Gasteiger partial charge >= 0.3 is 49.6 Å². The topological polar surface area (TPSA) is 0 Å². The van der Waals surface area contributed by atoms with Crippen LogP contribution in [0.4, 0.5) is 0 Å². The normalized spacial score (nSPS) is 11.2. The number of hydrogen-bond donors (Lipinski definition) is 0. The molecule has 186 valence electrons. The van der Waals surface area contributed by atoms with Gasteiger partial charge in [-0.3, -0.25) is 0 Å². The van der Waals surface area contributed by atoms with Gasteiger partial charge in [-0.05, 0) is 24.3 Å². The molecule has 0 aliphatic carbocycles. The number of benzene rings is 5. The molecular formula is C30H25Cl4GaP2. The molecule has 0 bridgehead atoms. The van der Waals surface area contributed by atoms with Crippen molar-refractivity contribution in [3.63, 3.8) is 0 Å². The summed E-state index contributed by atoms with van der Waals surface area (Å²) in [5, 5.41) is 7.11. The van der Waals surface area contributed by atoms with Gasteiger partial charge in [0.25, 0.3) is 0 Å². The van der Waals surface area contributed by atoms with Crippen molar-refractivity contribution >= 4 is 89.9 Å². The van der Waals surface area contributed by atoms with Crippen LogP contribution in [0.2, 0.25) is 0 Å². The summed E-state index contributed by atoms with van der Waals surface area (Å²) in [6, 6.07) is 55.9. The first-order valence-corrected chi connectivity index (χ1v) is 28.3. The Labute approximate surface area is 239 Å². The van der Waals surface area contributed by atoms with Gasteiger partial charge in [0.2, 0.25) is 0 Å². The van der Waals surface area contributed by atoms with Gasteiger partial charge in [-0.1, -0.05) is 127 Å². The van der Waals surface area contributed by atoms with Crippen LogP contribution < -0.4 is 26.5 Å². The average Bonchev–Trinajstić information content (AvgIpc) is 2.93. The van der Waals surface area contributed by atoms with Gasteiger partial charge in [0, 0.05) is 15.9 Å². The van der Waals surface area contributed by atoms with Gasteiger partial charge in [-0.2, -0.15) is 0 Å². The molecule has 0 N–H and O–H groups in total. The Morgan fingerprint density at radius 3 is 0.838 bits per heavy atom. The minimum atomic E-state index is -3.24. The van der Waals surface area contributed by atoms with Gasteiger partial charge in [-0.25, -0.2) is 0 Å². The predicted octanol–water partition coefficient (Wildman–Crippen LogP) is 8.41. The Morgan fingerprint density at radius 2 is 0.595 bits per heavy atom. The maximum atomic E-state index is 5.03. The van der Waals surface area contributed by atoms with Crippen LogP contribution in [0.3, 0.4) is 0 Å². The molecule has 37 heavy (non-hydrogen) atoms. The van der Waals surface area contributed by atoms with Gasteiger partial charge in [0.05, 0.1) is 0 Å². The van der Waals surface area contributed by atoms with E-state index in [4.69, 9.17) is 38.6 Å². The number of hydrogen-bond acceptors (Lipinski definition) is 0. The maximum Gasteiger partial charge on any atom is 0.164 e. The third kappa shape index (κ3) is 7.39. The molecule has 0 heterocycles. The van der Waals surface area contributed by atoms with E-state index in [1.54, 1.807) is 0 Å². The van der Waals surface area contributed by atoms with Gasteiger partial charge in [-0.15, -0.1) is 0 Å². The predicted molar refractivity (Wildman–Crippen MR) is 173 cm³/mol. The van der Waals surface area contributed by atoms with Crippen LogP contribution in [0.1, 0.15) is 0 Å². The number of halogens is 4. The quantitative estimate of drug-likeness (QED) is 0.131. The van der Waals surface area contributed by atoms with Crippen molar-refractivity contribution in [3.05, 3.63) is 152 Å². The minimum Gasteiger partial charge on any atom is -0.0622 e. The maximum absolute atomic E-state index is 5.03. The van der Waals surface area contributed by atoms with Gasteiger partial charge < -0.3 is 0 Å². The van der Waals surface area contributed by atoms with Crippen LogP contribution in [-0.4, -0.2) is 11.0 Å². The molecular weight excluding hydrogens is 634 g/mol. The molecule has 7 heteroatoms. The summed E-state index contributed by atoms with van der Waals surface area (Å²) in [7, 11) is 19.4. The van der Waals surface area contributed by atoms with E-state index in [1.807, 2.05) is 0 Å².